The third kappa shape index (κ3) is 8.41. The Kier molecular flexibility index (Phi) is 10.6. The molecule has 0 aromatic heterocycles. The number of hydrogen-bond donors (Lipinski definition) is 0. The van der Waals surface area contributed by atoms with Gasteiger partial charge in [0.25, 0.3) is 0 Å². The number of nitrogens with zero attached hydrogens (tertiary/aromatic N) is 1. The van der Waals surface area contributed by atoms with Crippen LogP contribution in [0.4, 0.5) is 0 Å². The van der Waals surface area contributed by atoms with Crippen molar-refractivity contribution in [2.24, 2.45) is 5.92 Å². The fraction of sp³-hybridized carbons (Fsp3) is 1.00. The van der Waals surface area contributed by atoms with E-state index in [0.29, 0.717) is 6.04 Å². The van der Waals surface area contributed by atoms with Gasteiger partial charge in [0.15, 0.2) is 0 Å². The number of rotatable bonds is 10. The van der Waals surface area contributed by atoms with E-state index in [2.05, 4.69) is 32.6 Å². The molecule has 0 rings (SSSR count). The summed E-state index contributed by atoms with van der Waals surface area (Å²) in [5, 5.41) is 0. The molecule has 0 aromatic rings. The summed E-state index contributed by atoms with van der Waals surface area (Å²) in [6, 6.07) is 0.681. The average Bonchev–Trinajstić information content (AvgIpc) is 2.23. The molecule has 0 saturated carbocycles. The van der Waals surface area contributed by atoms with Gasteiger partial charge in [-0.2, -0.15) is 0 Å². The summed E-state index contributed by atoms with van der Waals surface area (Å²) in [4.78, 5) is 2.61. The van der Waals surface area contributed by atoms with Gasteiger partial charge in [-0.05, 0) is 52.1 Å². The van der Waals surface area contributed by atoms with Crippen LogP contribution < -0.4 is 0 Å². The first-order valence-electron chi connectivity index (χ1n) is 6.91. The molecule has 0 aromatic carbocycles. The Morgan fingerprint density at radius 3 is 2.19 bits per heavy atom. The van der Waals surface area contributed by atoms with Gasteiger partial charge in [0.1, 0.15) is 0 Å². The maximum absolute atomic E-state index is 5.76. The molecule has 0 saturated heterocycles. The molecular weight excluding hydrogens is 218 g/mol. The summed E-state index contributed by atoms with van der Waals surface area (Å²) < 4.78 is 0. The second-order valence-corrected chi connectivity index (χ2v) is 5.59. The SMILES string of the molecule is CCCCCN(CCC(C)CCCl)C(C)C. The molecule has 0 aliphatic carbocycles. The zero-order valence-corrected chi connectivity index (χ0v) is 12.4. The fourth-order valence-electron chi connectivity index (χ4n) is 1.91. The van der Waals surface area contributed by atoms with Crippen LogP contribution in [0, 0.1) is 5.92 Å². The van der Waals surface area contributed by atoms with Crippen LogP contribution in [-0.4, -0.2) is 29.9 Å². The van der Waals surface area contributed by atoms with Crippen molar-refractivity contribution in [1.29, 1.82) is 0 Å². The maximum Gasteiger partial charge on any atom is 0.0225 e. The molecule has 1 nitrogen and oxygen atoms in total. The van der Waals surface area contributed by atoms with Crippen LogP contribution in [0.15, 0.2) is 0 Å². The van der Waals surface area contributed by atoms with Gasteiger partial charge in [0, 0.05) is 11.9 Å². The van der Waals surface area contributed by atoms with Crippen molar-refractivity contribution < 1.29 is 0 Å². The van der Waals surface area contributed by atoms with Gasteiger partial charge in [-0.25, -0.2) is 0 Å². The Balaban J connectivity index is 3.75. The van der Waals surface area contributed by atoms with E-state index in [0.717, 1.165) is 18.2 Å². The summed E-state index contributed by atoms with van der Waals surface area (Å²) >= 11 is 5.76. The predicted molar refractivity (Wildman–Crippen MR) is 75.4 cm³/mol. The molecule has 0 fully saturated rings. The lowest BCUT2D eigenvalue weighted by atomic mass is 10.0. The van der Waals surface area contributed by atoms with E-state index >= 15 is 0 Å². The topological polar surface area (TPSA) is 3.24 Å². The first kappa shape index (κ1) is 16.2. The molecule has 0 bridgehead atoms. The minimum absolute atomic E-state index is 0.681. The van der Waals surface area contributed by atoms with Crippen LogP contribution in [0.3, 0.4) is 0 Å². The van der Waals surface area contributed by atoms with E-state index in [9.17, 15) is 0 Å². The molecular formula is C14H30ClN. The molecule has 0 spiro atoms. The number of unbranched alkanes of at least 4 members (excludes halogenated alkanes) is 2. The van der Waals surface area contributed by atoms with Crippen molar-refractivity contribution in [3.8, 4) is 0 Å². The molecule has 1 atom stereocenters. The van der Waals surface area contributed by atoms with Gasteiger partial charge < -0.3 is 4.90 Å². The van der Waals surface area contributed by atoms with Crippen molar-refractivity contribution in [2.75, 3.05) is 19.0 Å². The van der Waals surface area contributed by atoms with Crippen molar-refractivity contribution in [1.82, 2.24) is 4.90 Å². The van der Waals surface area contributed by atoms with E-state index < -0.39 is 0 Å². The van der Waals surface area contributed by atoms with Gasteiger partial charge in [0.2, 0.25) is 0 Å². The van der Waals surface area contributed by atoms with Crippen LogP contribution in [0.5, 0.6) is 0 Å². The normalized spacial score (nSPS) is 13.7. The molecule has 0 heterocycles. The average molecular weight is 248 g/mol. The highest BCUT2D eigenvalue weighted by Gasteiger charge is 2.10. The van der Waals surface area contributed by atoms with Crippen molar-refractivity contribution >= 4 is 11.6 Å². The summed E-state index contributed by atoms with van der Waals surface area (Å²) in [6.07, 6.45) is 6.47. The minimum atomic E-state index is 0.681. The van der Waals surface area contributed by atoms with Gasteiger partial charge >= 0.3 is 0 Å². The van der Waals surface area contributed by atoms with Crippen LogP contribution >= 0.6 is 11.6 Å². The van der Waals surface area contributed by atoms with Gasteiger partial charge in [-0.3, -0.25) is 0 Å². The highest BCUT2D eigenvalue weighted by Crippen LogP contribution is 2.12. The number of hydrogen-bond acceptors (Lipinski definition) is 1. The largest absolute Gasteiger partial charge is 0.301 e. The van der Waals surface area contributed by atoms with Crippen molar-refractivity contribution in [3.63, 3.8) is 0 Å². The molecule has 0 N–H and O–H groups in total. The lowest BCUT2D eigenvalue weighted by molar-refractivity contribution is 0.203. The highest BCUT2D eigenvalue weighted by atomic mass is 35.5. The molecule has 0 amide bonds. The van der Waals surface area contributed by atoms with Crippen molar-refractivity contribution in [2.45, 2.75) is 65.8 Å². The van der Waals surface area contributed by atoms with E-state index in [4.69, 9.17) is 11.6 Å². The molecule has 98 valence electrons. The monoisotopic (exact) mass is 247 g/mol. The molecule has 0 radical (unpaired) electrons. The first-order chi connectivity index (χ1) is 7.61. The van der Waals surface area contributed by atoms with Gasteiger partial charge in [-0.1, -0.05) is 26.7 Å². The highest BCUT2D eigenvalue weighted by molar-refractivity contribution is 6.17. The summed E-state index contributed by atoms with van der Waals surface area (Å²) in [5.74, 6) is 1.57. The van der Waals surface area contributed by atoms with Crippen LogP contribution in [0.25, 0.3) is 0 Å². The van der Waals surface area contributed by atoms with Gasteiger partial charge in [0.05, 0.1) is 0 Å². The number of alkyl halides is 1. The van der Waals surface area contributed by atoms with Crippen LogP contribution in [0.1, 0.15) is 59.8 Å². The lowest BCUT2D eigenvalue weighted by Gasteiger charge is -2.27. The van der Waals surface area contributed by atoms with E-state index in [-0.39, 0.29) is 0 Å². The quantitative estimate of drug-likeness (QED) is 0.405. The molecule has 0 aliphatic rings. The third-order valence-corrected chi connectivity index (χ3v) is 3.51. The number of halogens is 1. The van der Waals surface area contributed by atoms with E-state index in [1.54, 1.807) is 0 Å². The lowest BCUT2D eigenvalue weighted by Crippen LogP contribution is -2.33. The maximum atomic E-state index is 5.76. The Morgan fingerprint density at radius 1 is 1.00 bits per heavy atom. The minimum Gasteiger partial charge on any atom is -0.301 e. The summed E-state index contributed by atoms with van der Waals surface area (Å²) in [7, 11) is 0. The molecule has 1 unspecified atom stereocenters. The second kappa shape index (κ2) is 10.4. The summed E-state index contributed by atoms with van der Waals surface area (Å²) in [6.45, 7) is 11.7. The van der Waals surface area contributed by atoms with E-state index in [1.165, 1.54) is 38.8 Å². The molecule has 16 heavy (non-hydrogen) atoms. The molecule has 2 heteroatoms. The first-order valence-corrected chi connectivity index (χ1v) is 7.45. The smallest absolute Gasteiger partial charge is 0.0225 e. The van der Waals surface area contributed by atoms with E-state index in [1.807, 2.05) is 0 Å². The Hall–Kier alpha value is 0.250. The third-order valence-electron chi connectivity index (χ3n) is 3.29. The Labute approximate surface area is 108 Å². The van der Waals surface area contributed by atoms with Crippen molar-refractivity contribution in [3.05, 3.63) is 0 Å². The Morgan fingerprint density at radius 2 is 1.69 bits per heavy atom. The zero-order chi connectivity index (χ0) is 12.4. The fourth-order valence-corrected chi connectivity index (χ4v) is 2.28. The van der Waals surface area contributed by atoms with Crippen LogP contribution in [-0.2, 0) is 0 Å². The standard InChI is InChI=1S/C14H30ClN/c1-5-6-7-11-16(13(2)3)12-9-14(4)8-10-15/h13-14H,5-12H2,1-4H3. The summed E-state index contributed by atoms with van der Waals surface area (Å²) in [5.41, 5.74) is 0. The molecule has 0 aliphatic heterocycles. The van der Waals surface area contributed by atoms with Crippen LogP contribution in [0.2, 0.25) is 0 Å². The van der Waals surface area contributed by atoms with Gasteiger partial charge in [-0.15, -0.1) is 11.6 Å². The zero-order valence-electron chi connectivity index (χ0n) is 11.6. The Bertz CT molecular complexity index is 148. The predicted octanol–water partition coefficient (Wildman–Crippen LogP) is 4.54. The second-order valence-electron chi connectivity index (χ2n) is 5.21.